The average Bonchev–Trinajstić information content (AvgIpc) is 2.92. The van der Waals surface area contributed by atoms with Gasteiger partial charge in [-0.3, -0.25) is 13.9 Å². The number of rotatable bonds is 13. The molecule has 9 heteroatoms. The summed E-state index contributed by atoms with van der Waals surface area (Å²) in [5, 5.41) is 2.82. The van der Waals surface area contributed by atoms with Crippen LogP contribution in [0.2, 0.25) is 0 Å². The number of anilines is 1. The van der Waals surface area contributed by atoms with Gasteiger partial charge in [0, 0.05) is 13.1 Å². The molecule has 0 bridgehead atoms. The third-order valence-electron chi connectivity index (χ3n) is 6.49. The summed E-state index contributed by atoms with van der Waals surface area (Å²) < 4.78 is 35.0. The molecule has 0 aliphatic carbocycles. The number of sulfonamides is 1. The molecule has 0 saturated carbocycles. The van der Waals surface area contributed by atoms with Crippen LogP contribution in [0.1, 0.15) is 43.9 Å². The number of aryl methyl sites for hydroxylation is 2. The van der Waals surface area contributed by atoms with E-state index in [-0.39, 0.29) is 23.0 Å². The van der Waals surface area contributed by atoms with Gasteiger partial charge in [-0.2, -0.15) is 0 Å². The zero-order valence-corrected chi connectivity index (χ0v) is 24.7. The van der Waals surface area contributed by atoms with Gasteiger partial charge in [0.15, 0.2) is 0 Å². The Bertz CT molecular complexity index is 1410. The van der Waals surface area contributed by atoms with Crippen molar-refractivity contribution in [3.8, 4) is 5.75 Å². The topological polar surface area (TPSA) is 96.0 Å². The van der Waals surface area contributed by atoms with Crippen LogP contribution in [-0.2, 0) is 26.2 Å². The molecule has 0 fully saturated rings. The molecule has 0 heterocycles. The second-order valence-corrected chi connectivity index (χ2v) is 11.4. The van der Waals surface area contributed by atoms with Gasteiger partial charge in [0.1, 0.15) is 18.3 Å². The predicted octanol–water partition coefficient (Wildman–Crippen LogP) is 4.84. The summed E-state index contributed by atoms with van der Waals surface area (Å²) in [5.41, 5.74) is 3.03. The lowest BCUT2D eigenvalue weighted by atomic mass is 10.1. The first-order chi connectivity index (χ1) is 19.1. The van der Waals surface area contributed by atoms with Crippen LogP contribution >= 0.6 is 0 Å². The number of benzene rings is 3. The number of hydrogen-bond acceptors (Lipinski definition) is 5. The van der Waals surface area contributed by atoms with Gasteiger partial charge < -0.3 is 15.0 Å². The minimum atomic E-state index is -4.18. The first kappa shape index (κ1) is 30.7. The Labute approximate surface area is 238 Å². The highest BCUT2D eigenvalue weighted by atomic mass is 32.2. The molecule has 40 heavy (non-hydrogen) atoms. The van der Waals surface area contributed by atoms with Crippen LogP contribution in [0.4, 0.5) is 5.69 Å². The number of hydrogen-bond donors (Lipinski definition) is 1. The van der Waals surface area contributed by atoms with E-state index in [9.17, 15) is 18.0 Å². The van der Waals surface area contributed by atoms with Gasteiger partial charge >= 0.3 is 0 Å². The van der Waals surface area contributed by atoms with Crippen molar-refractivity contribution in [2.45, 2.75) is 58.5 Å². The van der Waals surface area contributed by atoms with Gasteiger partial charge in [0.2, 0.25) is 11.8 Å². The number of nitrogens with zero attached hydrogens (tertiary/aromatic N) is 2. The van der Waals surface area contributed by atoms with E-state index >= 15 is 0 Å². The van der Waals surface area contributed by atoms with Crippen LogP contribution < -0.4 is 14.4 Å². The third-order valence-corrected chi connectivity index (χ3v) is 8.27. The number of likely N-dealkylation sites (N-methyl/N-ethyl adjacent to an activating group) is 1. The summed E-state index contributed by atoms with van der Waals surface area (Å²) in [6.07, 6.45) is 0.365. The van der Waals surface area contributed by atoms with Crippen molar-refractivity contribution in [3.05, 3.63) is 89.5 Å². The molecule has 3 aromatic rings. The Hall–Kier alpha value is -3.85. The lowest BCUT2D eigenvalue weighted by Gasteiger charge is -2.33. The molecule has 3 rings (SSSR count). The molecule has 0 saturated heterocycles. The number of carbonyl (C=O) groups is 2. The summed E-state index contributed by atoms with van der Waals surface area (Å²) in [7, 11) is -4.18. The Morgan fingerprint density at radius 3 is 2.23 bits per heavy atom. The Morgan fingerprint density at radius 1 is 0.900 bits per heavy atom. The van der Waals surface area contributed by atoms with Crippen LogP contribution in [0.5, 0.6) is 5.75 Å². The maximum atomic E-state index is 14.1. The molecule has 1 N–H and O–H groups in total. The molecule has 214 valence electrons. The van der Waals surface area contributed by atoms with E-state index in [0.29, 0.717) is 25.3 Å². The number of ether oxygens (including phenoxy) is 1. The quantitative estimate of drug-likeness (QED) is 0.320. The highest BCUT2D eigenvalue weighted by Gasteiger charge is 2.34. The van der Waals surface area contributed by atoms with E-state index in [1.807, 2.05) is 58.9 Å². The van der Waals surface area contributed by atoms with Gasteiger partial charge in [-0.05, 0) is 63.9 Å². The molecule has 0 aromatic heterocycles. The molecule has 3 aromatic carbocycles. The van der Waals surface area contributed by atoms with Crippen molar-refractivity contribution in [2.75, 3.05) is 24.0 Å². The minimum absolute atomic E-state index is 0.0539. The normalized spacial score (nSPS) is 11.9. The van der Waals surface area contributed by atoms with E-state index in [1.54, 1.807) is 36.4 Å². The number of amides is 2. The maximum absolute atomic E-state index is 14.1. The van der Waals surface area contributed by atoms with Gasteiger partial charge in [-0.15, -0.1) is 0 Å². The molecular weight excluding hydrogens is 526 g/mol. The fourth-order valence-corrected chi connectivity index (χ4v) is 5.93. The van der Waals surface area contributed by atoms with Crippen LogP contribution in [0.3, 0.4) is 0 Å². The van der Waals surface area contributed by atoms with Crippen molar-refractivity contribution >= 4 is 27.5 Å². The van der Waals surface area contributed by atoms with E-state index in [1.165, 1.54) is 17.0 Å². The summed E-state index contributed by atoms with van der Waals surface area (Å²) in [6, 6.07) is 20.2. The first-order valence-electron chi connectivity index (χ1n) is 13.6. The van der Waals surface area contributed by atoms with E-state index in [2.05, 4.69) is 5.32 Å². The minimum Gasteiger partial charge on any atom is -0.492 e. The van der Waals surface area contributed by atoms with Crippen molar-refractivity contribution in [1.82, 2.24) is 10.2 Å². The maximum Gasteiger partial charge on any atom is 0.264 e. The van der Waals surface area contributed by atoms with Gasteiger partial charge in [0.25, 0.3) is 10.0 Å². The van der Waals surface area contributed by atoms with Gasteiger partial charge in [0.05, 0.1) is 17.2 Å². The van der Waals surface area contributed by atoms with E-state index in [4.69, 9.17) is 4.74 Å². The molecule has 0 aliphatic heterocycles. The monoisotopic (exact) mass is 565 g/mol. The lowest BCUT2D eigenvalue weighted by molar-refractivity contribution is -0.140. The first-order valence-corrected chi connectivity index (χ1v) is 15.0. The molecular formula is C31H39N3O5S. The molecule has 2 amide bonds. The summed E-state index contributed by atoms with van der Waals surface area (Å²) in [6.45, 7) is 9.66. The second kappa shape index (κ2) is 14.0. The summed E-state index contributed by atoms with van der Waals surface area (Å²) in [4.78, 5) is 28.7. The third kappa shape index (κ3) is 7.41. The zero-order valence-electron chi connectivity index (χ0n) is 23.9. The molecule has 0 aliphatic rings. The number of nitrogens with one attached hydrogen (secondary N) is 1. The predicted molar refractivity (Wildman–Crippen MR) is 158 cm³/mol. The number of carbonyl (C=O) groups excluding carboxylic acids is 2. The van der Waals surface area contributed by atoms with Crippen molar-refractivity contribution in [3.63, 3.8) is 0 Å². The Morgan fingerprint density at radius 2 is 1.60 bits per heavy atom. The van der Waals surface area contributed by atoms with E-state index in [0.717, 1.165) is 21.0 Å². The van der Waals surface area contributed by atoms with Crippen molar-refractivity contribution in [2.24, 2.45) is 0 Å². The fourth-order valence-electron chi connectivity index (χ4n) is 4.51. The second-order valence-electron chi connectivity index (χ2n) is 9.55. The average molecular weight is 566 g/mol. The van der Waals surface area contributed by atoms with Crippen LogP contribution in [0, 0.1) is 13.8 Å². The summed E-state index contributed by atoms with van der Waals surface area (Å²) >= 11 is 0. The Balaban J connectivity index is 2.11. The molecule has 0 unspecified atom stereocenters. The van der Waals surface area contributed by atoms with Crippen LogP contribution in [0.25, 0.3) is 0 Å². The smallest absolute Gasteiger partial charge is 0.264 e. The van der Waals surface area contributed by atoms with E-state index < -0.39 is 28.5 Å². The molecule has 0 radical (unpaired) electrons. The summed E-state index contributed by atoms with van der Waals surface area (Å²) in [5.74, 6) is -0.440. The Kier molecular flexibility index (Phi) is 10.7. The van der Waals surface area contributed by atoms with Crippen molar-refractivity contribution < 1.29 is 22.7 Å². The van der Waals surface area contributed by atoms with Gasteiger partial charge in [-0.25, -0.2) is 8.42 Å². The van der Waals surface area contributed by atoms with Crippen LogP contribution in [-0.4, -0.2) is 50.9 Å². The molecule has 8 nitrogen and oxygen atoms in total. The van der Waals surface area contributed by atoms with Crippen LogP contribution in [0.15, 0.2) is 77.7 Å². The van der Waals surface area contributed by atoms with Crippen molar-refractivity contribution in [1.29, 1.82) is 0 Å². The largest absolute Gasteiger partial charge is 0.492 e. The highest BCUT2D eigenvalue weighted by molar-refractivity contribution is 7.92. The SMILES string of the molecule is CCNC(=O)[C@@H](CC)N(Cc1cccc(C)c1)C(=O)CN(c1ccccc1OCC)S(=O)(=O)c1ccc(C)cc1. The molecule has 0 spiro atoms. The molecule has 1 atom stereocenters. The standard InChI is InChI=1S/C31H39N3O5S/c1-6-27(31(36)32-7-2)33(21-25-13-11-12-24(5)20-25)30(35)22-34(28-14-9-10-15-29(28)39-8-3)40(37,38)26-18-16-23(4)17-19-26/h9-20,27H,6-8,21-22H2,1-5H3,(H,32,36)/t27-/m1/s1. The lowest BCUT2D eigenvalue weighted by Crippen LogP contribution is -2.52. The highest BCUT2D eigenvalue weighted by Crippen LogP contribution is 2.33. The van der Waals surface area contributed by atoms with Gasteiger partial charge in [-0.1, -0.05) is 66.6 Å². The zero-order chi connectivity index (χ0) is 29.3. The number of para-hydroxylation sites is 2. The fraction of sp³-hybridized carbons (Fsp3) is 0.355.